The maximum atomic E-state index is 11.0. The average molecular weight is 415 g/mol. The standard InChI is InChI=1S/C28H46O2/c1-5-27(29)15-14-25(3)20(18-27)6-7-21-23-9-8-22(26(23,4)12-11-24(21)25)19(2)10-13-28(30)16-17-28/h11,19-23,29-30H,5-10,12-18H2,1-4H3/t19-,20+,21+,22-,23+,25+,26-,27+/m1/s1. The first-order valence-electron chi connectivity index (χ1n) is 13.3. The molecule has 0 aromatic carbocycles. The van der Waals surface area contributed by atoms with Gasteiger partial charge in [0.25, 0.3) is 0 Å². The number of hydrogen-bond acceptors (Lipinski definition) is 2. The number of fused-ring (bicyclic) bond motifs is 5. The Morgan fingerprint density at radius 1 is 1.00 bits per heavy atom. The molecule has 2 nitrogen and oxygen atoms in total. The second-order valence-corrected chi connectivity index (χ2v) is 13.0. The van der Waals surface area contributed by atoms with E-state index < -0.39 is 5.60 Å². The maximum absolute atomic E-state index is 11.0. The number of hydrogen-bond donors (Lipinski definition) is 2. The lowest BCUT2D eigenvalue weighted by molar-refractivity contribution is -0.0771. The number of rotatable bonds is 5. The van der Waals surface area contributed by atoms with Gasteiger partial charge < -0.3 is 10.2 Å². The van der Waals surface area contributed by atoms with E-state index in [-0.39, 0.29) is 5.60 Å². The van der Waals surface area contributed by atoms with Gasteiger partial charge in [0.15, 0.2) is 0 Å². The van der Waals surface area contributed by atoms with E-state index in [0.29, 0.717) is 16.7 Å². The topological polar surface area (TPSA) is 40.5 Å². The van der Waals surface area contributed by atoms with Gasteiger partial charge in [0.1, 0.15) is 0 Å². The Hall–Kier alpha value is -0.340. The monoisotopic (exact) mass is 414 g/mol. The molecule has 0 unspecified atom stereocenters. The predicted octanol–water partition coefficient (Wildman–Crippen LogP) is 6.65. The van der Waals surface area contributed by atoms with Crippen LogP contribution in [0.3, 0.4) is 0 Å². The summed E-state index contributed by atoms with van der Waals surface area (Å²) in [6.45, 7) is 9.82. The minimum Gasteiger partial charge on any atom is -0.390 e. The van der Waals surface area contributed by atoms with Gasteiger partial charge in [-0.15, -0.1) is 0 Å². The van der Waals surface area contributed by atoms with E-state index in [1.165, 1.54) is 44.9 Å². The highest BCUT2D eigenvalue weighted by atomic mass is 16.3. The fourth-order valence-electron chi connectivity index (χ4n) is 8.98. The molecule has 0 radical (unpaired) electrons. The summed E-state index contributed by atoms with van der Waals surface area (Å²) in [4.78, 5) is 0. The Morgan fingerprint density at radius 3 is 2.43 bits per heavy atom. The Morgan fingerprint density at radius 2 is 1.73 bits per heavy atom. The van der Waals surface area contributed by atoms with E-state index in [0.717, 1.165) is 62.2 Å². The van der Waals surface area contributed by atoms with Gasteiger partial charge in [-0.1, -0.05) is 39.3 Å². The van der Waals surface area contributed by atoms with Crippen molar-refractivity contribution < 1.29 is 10.2 Å². The average Bonchev–Trinajstić information content (AvgIpc) is 3.35. The first kappa shape index (κ1) is 21.5. The maximum Gasteiger partial charge on any atom is 0.0650 e. The predicted molar refractivity (Wildman–Crippen MR) is 123 cm³/mol. The van der Waals surface area contributed by atoms with E-state index in [2.05, 4.69) is 33.8 Å². The molecule has 0 spiro atoms. The van der Waals surface area contributed by atoms with Gasteiger partial charge in [-0.2, -0.15) is 0 Å². The third-order valence-corrected chi connectivity index (χ3v) is 11.5. The van der Waals surface area contributed by atoms with Crippen molar-refractivity contribution in [3.8, 4) is 0 Å². The van der Waals surface area contributed by atoms with Crippen molar-refractivity contribution in [2.24, 2.45) is 40.4 Å². The molecule has 2 N–H and O–H groups in total. The zero-order chi connectivity index (χ0) is 21.4. The highest BCUT2D eigenvalue weighted by Gasteiger charge is 2.58. The van der Waals surface area contributed by atoms with Gasteiger partial charge in [0.2, 0.25) is 0 Å². The van der Waals surface area contributed by atoms with Crippen LogP contribution in [0.25, 0.3) is 0 Å². The molecule has 170 valence electrons. The van der Waals surface area contributed by atoms with E-state index in [1.807, 2.05) is 0 Å². The summed E-state index contributed by atoms with van der Waals surface area (Å²) in [5, 5.41) is 21.3. The van der Waals surface area contributed by atoms with E-state index in [4.69, 9.17) is 0 Å². The van der Waals surface area contributed by atoms with Crippen LogP contribution in [0, 0.1) is 40.4 Å². The summed E-state index contributed by atoms with van der Waals surface area (Å²) in [5.74, 6) is 3.89. The van der Waals surface area contributed by atoms with Gasteiger partial charge >= 0.3 is 0 Å². The highest BCUT2D eigenvalue weighted by Crippen LogP contribution is 2.67. The lowest BCUT2D eigenvalue weighted by Crippen LogP contribution is -2.51. The quantitative estimate of drug-likeness (QED) is 0.495. The summed E-state index contributed by atoms with van der Waals surface area (Å²) in [6, 6.07) is 0. The molecule has 0 aromatic heterocycles. The summed E-state index contributed by atoms with van der Waals surface area (Å²) in [5.41, 5.74) is 1.91. The third-order valence-electron chi connectivity index (χ3n) is 11.5. The highest BCUT2D eigenvalue weighted by molar-refractivity contribution is 5.29. The van der Waals surface area contributed by atoms with E-state index >= 15 is 0 Å². The molecule has 5 rings (SSSR count). The number of allylic oxidation sites excluding steroid dienone is 2. The van der Waals surface area contributed by atoms with Crippen LogP contribution < -0.4 is 0 Å². The van der Waals surface area contributed by atoms with Crippen molar-refractivity contribution in [2.45, 2.75) is 122 Å². The Labute approximate surface area is 184 Å². The molecule has 5 aliphatic carbocycles. The van der Waals surface area contributed by atoms with Gasteiger partial charge in [0.05, 0.1) is 11.2 Å². The van der Waals surface area contributed by atoms with Gasteiger partial charge in [-0.3, -0.25) is 0 Å². The minimum absolute atomic E-state index is 0.290. The second-order valence-electron chi connectivity index (χ2n) is 13.0. The summed E-state index contributed by atoms with van der Waals surface area (Å²) < 4.78 is 0. The van der Waals surface area contributed by atoms with E-state index in [9.17, 15) is 10.2 Å². The van der Waals surface area contributed by atoms with Crippen molar-refractivity contribution in [2.75, 3.05) is 0 Å². The fourth-order valence-corrected chi connectivity index (χ4v) is 8.98. The molecule has 30 heavy (non-hydrogen) atoms. The zero-order valence-corrected chi connectivity index (χ0v) is 20.1. The molecule has 0 saturated heterocycles. The number of aliphatic hydroxyl groups is 2. The third kappa shape index (κ3) is 3.26. The molecule has 0 amide bonds. The van der Waals surface area contributed by atoms with Crippen LogP contribution in [-0.4, -0.2) is 21.4 Å². The van der Waals surface area contributed by atoms with E-state index in [1.54, 1.807) is 5.57 Å². The Bertz CT molecular complexity index is 707. The fraction of sp³-hybridized carbons (Fsp3) is 0.929. The van der Waals surface area contributed by atoms with Crippen LogP contribution in [0.5, 0.6) is 0 Å². The van der Waals surface area contributed by atoms with Crippen LogP contribution >= 0.6 is 0 Å². The molecular formula is C28H46O2. The lowest BCUT2D eigenvalue weighted by atomic mass is 9.47. The molecule has 5 aliphatic rings. The molecule has 2 heteroatoms. The normalized spacial score (nSPS) is 50.1. The Kier molecular flexibility index (Phi) is 5.07. The van der Waals surface area contributed by atoms with Crippen molar-refractivity contribution in [1.82, 2.24) is 0 Å². The van der Waals surface area contributed by atoms with Crippen molar-refractivity contribution in [3.05, 3.63) is 11.6 Å². The van der Waals surface area contributed by atoms with Gasteiger partial charge in [0, 0.05) is 0 Å². The van der Waals surface area contributed by atoms with Gasteiger partial charge in [-0.05, 0) is 124 Å². The van der Waals surface area contributed by atoms with Crippen molar-refractivity contribution >= 4 is 0 Å². The largest absolute Gasteiger partial charge is 0.390 e. The molecule has 0 bridgehead atoms. The van der Waals surface area contributed by atoms with Crippen molar-refractivity contribution in [3.63, 3.8) is 0 Å². The molecule has 0 heterocycles. The molecule has 0 aromatic rings. The minimum atomic E-state index is -0.403. The van der Waals surface area contributed by atoms with Gasteiger partial charge in [-0.25, -0.2) is 0 Å². The Balaban J connectivity index is 1.35. The molecule has 4 saturated carbocycles. The summed E-state index contributed by atoms with van der Waals surface area (Å²) >= 11 is 0. The van der Waals surface area contributed by atoms with Crippen LogP contribution in [0.1, 0.15) is 111 Å². The molecular weight excluding hydrogens is 368 g/mol. The van der Waals surface area contributed by atoms with Crippen LogP contribution in [0.4, 0.5) is 0 Å². The zero-order valence-electron chi connectivity index (χ0n) is 20.1. The summed E-state index contributed by atoms with van der Waals surface area (Å²) in [7, 11) is 0. The van der Waals surface area contributed by atoms with Crippen LogP contribution in [0.2, 0.25) is 0 Å². The first-order valence-corrected chi connectivity index (χ1v) is 13.3. The smallest absolute Gasteiger partial charge is 0.0650 e. The van der Waals surface area contributed by atoms with Crippen LogP contribution in [0.15, 0.2) is 11.6 Å². The SMILES string of the molecule is CC[C@]1(O)CC[C@]2(C)C3=CC[C@]4(C)[C@@H]([C@H](C)CCC5(O)CC5)CC[C@H]4[C@@H]3CC[C@H]2C1. The summed E-state index contributed by atoms with van der Waals surface area (Å²) in [6.07, 6.45) is 17.9. The molecule has 0 aliphatic heterocycles. The molecule has 4 fully saturated rings. The second kappa shape index (κ2) is 7.08. The lowest BCUT2D eigenvalue weighted by Gasteiger charge is -2.58. The molecule has 8 atom stereocenters. The van der Waals surface area contributed by atoms with Crippen LogP contribution in [-0.2, 0) is 0 Å². The first-order chi connectivity index (χ1) is 14.1. The van der Waals surface area contributed by atoms with Crippen molar-refractivity contribution in [1.29, 1.82) is 0 Å².